The maximum atomic E-state index is 10.9. The maximum Gasteiger partial charge on any atom is 0.394 e. The lowest BCUT2D eigenvalue weighted by Gasteiger charge is -2.13. The summed E-state index contributed by atoms with van der Waals surface area (Å²) in [6.07, 6.45) is 0. The Morgan fingerprint density at radius 2 is 2.00 bits per heavy atom. The molecule has 0 bridgehead atoms. The monoisotopic (exact) mass is 227 g/mol. The molecule has 1 aromatic carbocycles. The fourth-order valence-electron chi connectivity index (χ4n) is 1.16. The van der Waals surface area contributed by atoms with E-state index in [2.05, 4.69) is 5.32 Å². The summed E-state index contributed by atoms with van der Waals surface area (Å²) in [7, 11) is 0. The minimum atomic E-state index is -1.51. The van der Waals surface area contributed by atoms with Crippen LogP contribution in [0.4, 0.5) is 0 Å². The van der Waals surface area contributed by atoms with Crippen LogP contribution in [0.3, 0.4) is 0 Å². The number of carbonyl (C=O) groups is 2. The highest BCUT2D eigenvalue weighted by Gasteiger charge is 2.16. The molecule has 4 nitrogen and oxygen atoms in total. The predicted octanol–water partition coefficient (Wildman–Crippen LogP) is 1.60. The number of amides is 1. The van der Waals surface area contributed by atoms with Gasteiger partial charge in [-0.2, -0.15) is 0 Å². The SMILES string of the molecule is CC(NC(=O)C(=O)O)c1ccccc1Cl. The molecule has 0 aliphatic heterocycles. The second kappa shape index (κ2) is 4.79. The quantitative estimate of drug-likeness (QED) is 0.755. The average Bonchev–Trinajstić information content (AvgIpc) is 2.18. The van der Waals surface area contributed by atoms with E-state index in [-0.39, 0.29) is 0 Å². The molecule has 2 N–H and O–H groups in total. The van der Waals surface area contributed by atoms with Gasteiger partial charge in [0.25, 0.3) is 0 Å². The van der Waals surface area contributed by atoms with Crippen LogP contribution in [0.1, 0.15) is 18.5 Å². The van der Waals surface area contributed by atoms with Gasteiger partial charge in [-0.15, -0.1) is 0 Å². The van der Waals surface area contributed by atoms with Gasteiger partial charge in [0, 0.05) is 5.02 Å². The van der Waals surface area contributed by atoms with Gasteiger partial charge < -0.3 is 10.4 Å². The van der Waals surface area contributed by atoms with Gasteiger partial charge in [0.05, 0.1) is 6.04 Å². The summed E-state index contributed by atoms with van der Waals surface area (Å²) in [6, 6.07) is 6.51. The summed E-state index contributed by atoms with van der Waals surface area (Å²) in [4.78, 5) is 21.2. The van der Waals surface area contributed by atoms with E-state index in [9.17, 15) is 9.59 Å². The molecule has 80 valence electrons. The second-order valence-corrected chi connectivity index (χ2v) is 3.43. The van der Waals surface area contributed by atoms with Crippen molar-refractivity contribution >= 4 is 23.5 Å². The number of hydrogen-bond acceptors (Lipinski definition) is 2. The van der Waals surface area contributed by atoms with E-state index < -0.39 is 17.9 Å². The summed E-state index contributed by atoms with van der Waals surface area (Å²) in [6.45, 7) is 1.67. The molecule has 0 aliphatic carbocycles. The standard InChI is InChI=1S/C10H10ClNO3/c1-6(12-9(13)10(14)15)7-4-2-3-5-8(7)11/h2-6H,1H3,(H,12,13)(H,14,15). The topological polar surface area (TPSA) is 66.4 Å². The predicted molar refractivity (Wildman–Crippen MR) is 55.6 cm³/mol. The summed E-state index contributed by atoms with van der Waals surface area (Å²) in [5.74, 6) is -2.55. The zero-order valence-electron chi connectivity index (χ0n) is 8.03. The van der Waals surface area contributed by atoms with Gasteiger partial charge in [-0.05, 0) is 18.6 Å². The Labute approximate surface area is 91.9 Å². The van der Waals surface area contributed by atoms with Crippen LogP contribution in [0.25, 0.3) is 0 Å². The van der Waals surface area contributed by atoms with Crippen LogP contribution in [0.15, 0.2) is 24.3 Å². The fourth-order valence-corrected chi connectivity index (χ4v) is 1.46. The van der Waals surface area contributed by atoms with E-state index in [1.807, 2.05) is 0 Å². The molecule has 0 saturated heterocycles. The van der Waals surface area contributed by atoms with Crippen molar-refractivity contribution in [3.63, 3.8) is 0 Å². The third-order valence-corrected chi connectivity index (χ3v) is 2.26. The van der Waals surface area contributed by atoms with Crippen molar-refractivity contribution in [2.24, 2.45) is 0 Å². The number of carboxylic acids is 1. The normalized spacial score (nSPS) is 11.9. The molecule has 1 unspecified atom stereocenters. The van der Waals surface area contributed by atoms with E-state index in [1.54, 1.807) is 31.2 Å². The smallest absolute Gasteiger partial charge is 0.394 e. The molecule has 0 spiro atoms. The molecule has 1 rings (SSSR count). The second-order valence-electron chi connectivity index (χ2n) is 3.02. The highest BCUT2D eigenvalue weighted by Crippen LogP contribution is 2.21. The van der Waals surface area contributed by atoms with E-state index in [0.717, 1.165) is 0 Å². The van der Waals surface area contributed by atoms with Crippen molar-refractivity contribution in [1.29, 1.82) is 0 Å². The third kappa shape index (κ3) is 2.95. The first-order valence-corrected chi connectivity index (χ1v) is 4.68. The molecule has 0 saturated carbocycles. The van der Waals surface area contributed by atoms with Gasteiger partial charge in [-0.3, -0.25) is 4.79 Å². The molecule has 15 heavy (non-hydrogen) atoms. The number of carboxylic acid groups (broad SMARTS) is 1. The lowest BCUT2D eigenvalue weighted by Crippen LogP contribution is -2.32. The Morgan fingerprint density at radius 1 is 1.40 bits per heavy atom. The van der Waals surface area contributed by atoms with Gasteiger partial charge in [0.2, 0.25) is 0 Å². The summed E-state index contributed by atoms with van der Waals surface area (Å²) in [5.41, 5.74) is 0.689. The number of carbonyl (C=O) groups excluding carboxylic acids is 1. The molecule has 5 heteroatoms. The fraction of sp³-hybridized carbons (Fsp3) is 0.200. The number of halogens is 1. The van der Waals surface area contributed by atoms with Crippen LogP contribution >= 0.6 is 11.6 Å². The van der Waals surface area contributed by atoms with Crippen molar-refractivity contribution in [1.82, 2.24) is 5.32 Å². The van der Waals surface area contributed by atoms with E-state index >= 15 is 0 Å². The Morgan fingerprint density at radius 3 is 2.53 bits per heavy atom. The Balaban J connectivity index is 2.78. The van der Waals surface area contributed by atoms with Gasteiger partial charge in [-0.1, -0.05) is 29.8 Å². The molecule has 0 fully saturated rings. The molecular weight excluding hydrogens is 218 g/mol. The average molecular weight is 228 g/mol. The van der Waals surface area contributed by atoms with Crippen molar-refractivity contribution in [3.8, 4) is 0 Å². The minimum Gasteiger partial charge on any atom is -0.474 e. The van der Waals surface area contributed by atoms with Crippen LogP contribution in [0.2, 0.25) is 5.02 Å². The first kappa shape index (κ1) is 11.5. The summed E-state index contributed by atoms with van der Waals surface area (Å²) in [5, 5.41) is 11.2. The molecule has 0 aromatic heterocycles. The first-order valence-electron chi connectivity index (χ1n) is 4.30. The Kier molecular flexibility index (Phi) is 3.68. The van der Waals surface area contributed by atoms with E-state index in [4.69, 9.17) is 16.7 Å². The lowest BCUT2D eigenvalue weighted by molar-refractivity contribution is -0.150. The van der Waals surface area contributed by atoms with Crippen molar-refractivity contribution in [2.45, 2.75) is 13.0 Å². The van der Waals surface area contributed by atoms with Crippen molar-refractivity contribution in [2.75, 3.05) is 0 Å². The van der Waals surface area contributed by atoms with Gasteiger partial charge in [0.1, 0.15) is 0 Å². The van der Waals surface area contributed by atoms with Crippen LogP contribution in [-0.4, -0.2) is 17.0 Å². The molecule has 1 amide bonds. The molecule has 0 radical (unpaired) electrons. The van der Waals surface area contributed by atoms with Gasteiger partial charge >= 0.3 is 11.9 Å². The lowest BCUT2D eigenvalue weighted by atomic mass is 10.1. The largest absolute Gasteiger partial charge is 0.474 e. The molecule has 0 aliphatic rings. The molecular formula is C10H10ClNO3. The number of benzene rings is 1. The van der Waals surface area contributed by atoms with E-state index in [0.29, 0.717) is 10.6 Å². The third-order valence-electron chi connectivity index (χ3n) is 1.91. The zero-order valence-corrected chi connectivity index (χ0v) is 8.78. The number of hydrogen-bond donors (Lipinski definition) is 2. The molecule has 1 atom stereocenters. The summed E-state index contributed by atoms with van der Waals surface area (Å²) < 4.78 is 0. The zero-order chi connectivity index (χ0) is 11.4. The Hall–Kier alpha value is -1.55. The number of rotatable bonds is 2. The van der Waals surface area contributed by atoms with Crippen molar-refractivity contribution in [3.05, 3.63) is 34.9 Å². The van der Waals surface area contributed by atoms with E-state index in [1.165, 1.54) is 0 Å². The Bertz CT molecular complexity index is 392. The highest BCUT2D eigenvalue weighted by molar-refractivity contribution is 6.32. The number of nitrogens with one attached hydrogen (secondary N) is 1. The molecule has 0 heterocycles. The highest BCUT2D eigenvalue weighted by atomic mass is 35.5. The van der Waals surface area contributed by atoms with Gasteiger partial charge in [-0.25, -0.2) is 4.79 Å². The van der Waals surface area contributed by atoms with Crippen molar-refractivity contribution < 1.29 is 14.7 Å². The van der Waals surface area contributed by atoms with Crippen LogP contribution in [0.5, 0.6) is 0 Å². The van der Waals surface area contributed by atoms with Crippen LogP contribution in [-0.2, 0) is 9.59 Å². The van der Waals surface area contributed by atoms with Crippen LogP contribution in [0, 0.1) is 0 Å². The number of aliphatic carboxylic acids is 1. The summed E-state index contributed by atoms with van der Waals surface area (Å²) >= 11 is 5.88. The van der Waals surface area contributed by atoms with Gasteiger partial charge in [0.15, 0.2) is 0 Å². The molecule has 1 aromatic rings. The minimum absolute atomic E-state index is 0.428. The maximum absolute atomic E-state index is 10.9. The first-order chi connectivity index (χ1) is 7.02. The van der Waals surface area contributed by atoms with Crippen LogP contribution < -0.4 is 5.32 Å².